The number of aromatic hydroxyl groups is 1. The maximum absolute atomic E-state index is 9.84. The Morgan fingerprint density at radius 1 is 1.12 bits per heavy atom. The van der Waals surface area contributed by atoms with Crippen molar-refractivity contribution in [2.75, 3.05) is 21.1 Å². The van der Waals surface area contributed by atoms with E-state index in [0.29, 0.717) is 11.7 Å². The van der Waals surface area contributed by atoms with E-state index >= 15 is 0 Å². The predicted molar refractivity (Wildman–Crippen MR) is 66.5 cm³/mol. The van der Waals surface area contributed by atoms with Gasteiger partial charge in [0.05, 0.1) is 21.1 Å². The van der Waals surface area contributed by atoms with Crippen molar-refractivity contribution in [3.05, 3.63) is 23.3 Å². The smallest absolute Gasteiger partial charge is 0.135 e. The molecule has 1 aromatic rings. The quantitative estimate of drug-likeness (QED) is 0.727. The summed E-state index contributed by atoms with van der Waals surface area (Å²) >= 11 is 0. The molecule has 0 aliphatic carbocycles. The van der Waals surface area contributed by atoms with Gasteiger partial charge in [0.15, 0.2) is 0 Å². The van der Waals surface area contributed by atoms with Crippen LogP contribution >= 0.6 is 0 Å². The summed E-state index contributed by atoms with van der Waals surface area (Å²) < 4.78 is 0.784. The third kappa shape index (κ3) is 3.13. The number of hydrogen-bond acceptors (Lipinski definition) is 1. The molecular weight excluding hydrogens is 222 g/mol. The summed E-state index contributed by atoms with van der Waals surface area (Å²) in [4.78, 5) is 0. The van der Waals surface area contributed by atoms with Gasteiger partial charge in [0, 0.05) is 17.2 Å². The first kappa shape index (κ1) is 15.3. The van der Waals surface area contributed by atoms with Crippen LogP contribution in [0.5, 0.6) is 5.75 Å². The van der Waals surface area contributed by atoms with Gasteiger partial charge in [-0.25, -0.2) is 0 Å². The zero-order chi connectivity index (χ0) is 11.8. The molecule has 0 atom stereocenters. The molecule has 1 rings (SSSR count). The lowest BCUT2D eigenvalue weighted by Crippen LogP contribution is -3.00. The number of aryl methyl sites for hydroxylation is 1. The number of halogens is 1. The van der Waals surface area contributed by atoms with Crippen molar-refractivity contribution in [2.24, 2.45) is 0 Å². The SMILES string of the molecule is Cc1cc(O)c(C(C)C)cc1[N+](C)(C)C.[Cl-]. The van der Waals surface area contributed by atoms with E-state index in [0.717, 1.165) is 15.6 Å². The first-order chi connectivity index (χ1) is 6.73. The Morgan fingerprint density at radius 3 is 2.00 bits per heavy atom. The van der Waals surface area contributed by atoms with Crippen molar-refractivity contribution in [3.8, 4) is 5.75 Å². The van der Waals surface area contributed by atoms with E-state index in [1.54, 1.807) is 0 Å². The summed E-state index contributed by atoms with van der Waals surface area (Å²) in [6, 6.07) is 3.99. The molecule has 92 valence electrons. The number of hydrogen-bond donors (Lipinski definition) is 1. The number of phenolic OH excluding ortho intramolecular Hbond substituents is 1. The second-order valence-corrected chi connectivity index (χ2v) is 5.36. The lowest BCUT2D eigenvalue weighted by Gasteiger charge is -2.26. The van der Waals surface area contributed by atoms with Gasteiger partial charge in [0.25, 0.3) is 0 Å². The molecule has 0 unspecified atom stereocenters. The Balaban J connectivity index is 0.00000225. The standard InChI is InChI=1S/C13H21NO.ClH/c1-9(2)11-8-12(14(4,5)6)10(3)7-13(11)15;/h7-9H,1-6H3;1H. The molecule has 1 aromatic carbocycles. The Kier molecular flexibility index (Phi) is 4.84. The predicted octanol–water partition coefficient (Wildman–Crippen LogP) is 0.0247. The molecule has 0 spiro atoms. The molecular formula is C13H22ClNO. The Morgan fingerprint density at radius 2 is 1.62 bits per heavy atom. The van der Waals surface area contributed by atoms with Crippen LogP contribution in [0.4, 0.5) is 5.69 Å². The maximum Gasteiger partial charge on any atom is 0.135 e. The highest BCUT2D eigenvalue weighted by Crippen LogP contribution is 2.33. The van der Waals surface area contributed by atoms with Gasteiger partial charge in [-0.1, -0.05) is 13.8 Å². The van der Waals surface area contributed by atoms with Gasteiger partial charge in [0.2, 0.25) is 0 Å². The number of nitrogens with zero attached hydrogens (tertiary/aromatic N) is 1. The van der Waals surface area contributed by atoms with Crippen LogP contribution < -0.4 is 16.9 Å². The molecule has 0 radical (unpaired) electrons. The molecule has 16 heavy (non-hydrogen) atoms. The summed E-state index contributed by atoms with van der Waals surface area (Å²) in [5.41, 5.74) is 3.43. The average Bonchev–Trinajstić information content (AvgIpc) is 2.00. The normalized spacial score (nSPS) is 11.4. The largest absolute Gasteiger partial charge is 1.00 e. The van der Waals surface area contributed by atoms with Gasteiger partial charge in [-0.2, -0.15) is 0 Å². The van der Waals surface area contributed by atoms with Crippen LogP contribution in [0, 0.1) is 6.92 Å². The molecule has 0 saturated carbocycles. The van der Waals surface area contributed by atoms with Crippen LogP contribution in [0.1, 0.15) is 30.9 Å². The Bertz CT molecular complexity index is 367. The minimum absolute atomic E-state index is 0. The van der Waals surface area contributed by atoms with Gasteiger partial charge in [-0.05, 0) is 18.9 Å². The molecule has 0 bridgehead atoms. The topological polar surface area (TPSA) is 20.2 Å². The summed E-state index contributed by atoms with van der Waals surface area (Å²) in [5.74, 6) is 0.774. The van der Waals surface area contributed by atoms with Crippen molar-refractivity contribution in [1.29, 1.82) is 0 Å². The van der Waals surface area contributed by atoms with Crippen LogP contribution in [0.3, 0.4) is 0 Å². The van der Waals surface area contributed by atoms with Crippen LogP contribution in [-0.2, 0) is 0 Å². The number of phenols is 1. The summed E-state index contributed by atoms with van der Waals surface area (Å²) in [5, 5.41) is 9.84. The molecule has 0 heterocycles. The molecule has 0 aromatic heterocycles. The third-order valence-electron chi connectivity index (χ3n) is 2.69. The summed E-state index contributed by atoms with van der Waals surface area (Å²) in [7, 11) is 6.43. The van der Waals surface area contributed by atoms with E-state index in [1.807, 2.05) is 13.0 Å². The second-order valence-electron chi connectivity index (χ2n) is 5.36. The summed E-state index contributed by atoms with van der Waals surface area (Å²) in [6.07, 6.45) is 0. The van der Waals surface area contributed by atoms with E-state index in [1.165, 1.54) is 5.69 Å². The van der Waals surface area contributed by atoms with Gasteiger partial charge in [0.1, 0.15) is 11.4 Å². The van der Waals surface area contributed by atoms with Crippen molar-refractivity contribution >= 4 is 5.69 Å². The van der Waals surface area contributed by atoms with Crippen molar-refractivity contribution in [3.63, 3.8) is 0 Å². The van der Waals surface area contributed by atoms with Gasteiger partial charge in [-0.15, -0.1) is 0 Å². The third-order valence-corrected chi connectivity index (χ3v) is 2.69. The molecule has 0 fully saturated rings. The molecule has 0 aliphatic heterocycles. The van der Waals surface area contributed by atoms with Gasteiger partial charge < -0.3 is 17.5 Å². The van der Waals surface area contributed by atoms with Crippen LogP contribution in [0.25, 0.3) is 0 Å². The highest BCUT2D eigenvalue weighted by molar-refractivity contribution is 5.56. The molecule has 3 heteroatoms. The monoisotopic (exact) mass is 243 g/mol. The van der Waals surface area contributed by atoms with E-state index in [-0.39, 0.29) is 12.4 Å². The van der Waals surface area contributed by atoms with Gasteiger partial charge >= 0.3 is 0 Å². The van der Waals surface area contributed by atoms with Crippen LogP contribution in [0.15, 0.2) is 12.1 Å². The number of rotatable bonds is 2. The minimum atomic E-state index is 0. The van der Waals surface area contributed by atoms with Crippen molar-refractivity contribution in [1.82, 2.24) is 4.48 Å². The van der Waals surface area contributed by atoms with Crippen LogP contribution in [-0.4, -0.2) is 26.2 Å². The van der Waals surface area contributed by atoms with E-state index in [9.17, 15) is 5.11 Å². The molecule has 0 aliphatic rings. The maximum atomic E-state index is 9.84. The summed E-state index contributed by atoms with van der Waals surface area (Å²) in [6.45, 7) is 6.25. The fourth-order valence-corrected chi connectivity index (χ4v) is 1.88. The zero-order valence-electron chi connectivity index (χ0n) is 11.0. The Hall–Kier alpha value is -0.730. The first-order valence-corrected chi connectivity index (χ1v) is 5.39. The lowest BCUT2D eigenvalue weighted by atomic mass is 9.98. The van der Waals surface area contributed by atoms with Crippen LogP contribution in [0.2, 0.25) is 0 Å². The molecule has 0 amide bonds. The highest BCUT2D eigenvalue weighted by Gasteiger charge is 2.19. The number of quaternary nitrogens is 1. The first-order valence-electron chi connectivity index (χ1n) is 5.39. The van der Waals surface area contributed by atoms with Crippen molar-refractivity contribution < 1.29 is 17.5 Å². The lowest BCUT2D eigenvalue weighted by molar-refractivity contribution is -0.00000474. The second kappa shape index (κ2) is 5.07. The molecule has 1 N–H and O–H groups in total. The van der Waals surface area contributed by atoms with Gasteiger partial charge in [-0.3, -0.25) is 4.48 Å². The molecule has 0 saturated heterocycles. The van der Waals surface area contributed by atoms with Crippen molar-refractivity contribution in [2.45, 2.75) is 26.7 Å². The fraction of sp³-hybridized carbons (Fsp3) is 0.538. The minimum Gasteiger partial charge on any atom is -1.00 e. The highest BCUT2D eigenvalue weighted by atomic mass is 35.5. The Labute approximate surface area is 105 Å². The zero-order valence-corrected chi connectivity index (χ0v) is 11.8. The van der Waals surface area contributed by atoms with E-state index in [2.05, 4.69) is 41.1 Å². The van der Waals surface area contributed by atoms with E-state index < -0.39 is 0 Å². The molecule has 2 nitrogen and oxygen atoms in total. The fourth-order valence-electron chi connectivity index (χ4n) is 1.88. The average molecular weight is 244 g/mol. The van der Waals surface area contributed by atoms with E-state index in [4.69, 9.17) is 0 Å². The number of benzene rings is 1.